The van der Waals surface area contributed by atoms with Gasteiger partial charge in [-0.15, -0.1) is 0 Å². The highest BCUT2D eigenvalue weighted by Crippen LogP contribution is 2.16. The van der Waals surface area contributed by atoms with E-state index in [1.165, 1.54) is 5.56 Å². The van der Waals surface area contributed by atoms with Crippen molar-refractivity contribution in [2.24, 2.45) is 0 Å². The number of amides is 1. The first-order chi connectivity index (χ1) is 13.5. The van der Waals surface area contributed by atoms with E-state index < -0.39 is 0 Å². The number of carbonyl (C=O) groups is 1. The van der Waals surface area contributed by atoms with Crippen molar-refractivity contribution in [2.75, 3.05) is 31.1 Å². The molecule has 0 unspecified atom stereocenters. The Balaban J connectivity index is 1.74. The summed E-state index contributed by atoms with van der Waals surface area (Å²) in [6.45, 7) is 6.44. The number of aryl methyl sites for hydroxylation is 1. The molecule has 0 aliphatic carbocycles. The molecule has 2 aromatic heterocycles. The van der Waals surface area contributed by atoms with Crippen molar-refractivity contribution in [3.8, 4) is 0 Å². The SMILES string of the molecule is CC(=O)N1CCN(c2nc3cccnc3n(Cc3ccc(C)cc3)c2=O)CC1. The monoisotopic (exact) mass is 377 g/mol. The Morgan fingerprint density at radius 3 is 2.46 bits per heavy atom. The summed E-state index contributed by atoms with van der Waals surface area (Å²) in [6.07, 6.45) is 1.68. The van der Waals surface area contributed by atoms with Crippen molar-refractivity contribution in [1.29, 1.82) is 0 Å². The number of carbonyl (C=O) groups excluding carboxylic acids is 1. The maximum absolute atomic E-state index is 13.3. The molecule has 0 atom stereocenters. The molecule has 1 amide bonds. The van der Waals surface area contributed by atoms with Crippen molar-refractivity contribution in [2.45, 2.75) is 20.4 Å². The summed E-state index contributed by atoms with van der Waals surface area (Å²) in [7, 11) is 0. The molecule has 7 heteroatoms. The van der Waals surface area contributed by atoms with E-state index in [9.17, 15) is 9.59 Å². The van der Waals surface area contributed by atoms with Crippen LogP contribution in [0, 0.1) is 6.92 Å². The van der Waals surface area contributed by atoms with Crippen LogP contribution < -0.4 is 10.5 Å². The molecule has 0 radical (unpaired) electrons. The number of anilines is 1. The van der Waals surface area contributed by atoms with Crippen molar-refractivity contribution >= 4 is 22.9 Å². The number of benzene rings is 1. The normalized spacial score (nSPS) is 14.5. The predicted octanol–water partition coefficient (Wildman–Crippen LogP) is 1.82. The van der Waals surface area contributed by atoms with Crippen LogP contribution in [0.15, 0.2) is 47.4 Å². The van der Waals surface area contributed by atoms with Gasteiger partial charge < -0.3 is 9.80 Å². The molecule has 1 saturated heterocycles. The highest BCUT2D eigenvalue weighted by atomic mass is 16.2. The fourth-order valence-electron chi connectivity index (χ4n) is 3.52. The molecular weight excluding hydrogens is 354 g/mol. The van der Waals surface area contributed by atoms with Gasteiger partial charge in [-0.3, -0.25) is 14.2 Å². The molecule has 1 aromatic carbocycles. The number of rotatable bonds is 3. The van der Waals surface area contributed by atoms with E-state index in [0.29, 0.717) is 49.7 Å². The summed E-state index contributed by atoms with van der Waals surface area (Å²) in [5.41, 5.74) is 3.34. The lowest BCUT2D eigenvalue weighted by Crippen LogP contribution is -2.50. The second-order valence-electron chi connectivity index (χ2n) is 7.15. The Kier molecular flexibility index (Phi) is 4.81. The van der Waals surface area contributed by atoms with Crippen LogP contribution in [0.2, 0.25) is 0 Å². The van der Waals surface area contributed by atoms with Gasteiger partial charge in [0.05, 0.1) is 6.54 Å². The Bertz CT molecular complexity index is 1070. The highest BCUT2D eigenvalue weighted by Gasteiger charge is 2.23. The molecule has 0 saturated carbocycles. The van der Waals surface area contributed by atoms with Crippen LogP contribution >= 0.6 is 0 Å². The van der Waals surface area contributed by atoms with E-state index in [-0.39, 0.29) is 11.5 Å². The molecule has 28 heavy (non-hydrogen) atoms. The van der Waals surface area contributed by atoms with Crippen LogP contribution in [0.1, 0.15) is 18.1 Å². The summed E-state index contributed by atoms with van der Waals surface area (Å²) in [5, 5.41) is 0. The molecule has 0 N–H and O–H groups in total. The first-order valence-electron chi connectivity index (χ1n) is 9.44. The van der Waals surface area contributed by atoms with Gasteiger partial charge in [-0.05, 0) is 24.6 Å². The van der Waals surface area contributed by atoms with Gasteiger partial charge in [0, 0.05) is 39.3 Å². The van der Waals surface area contributed by atoms with E-state index in [0.717, 1.165) is 5.56 Å². The second kappa shape index (κ2) is 7.42. The Labute approximate surface area is 163 Å². The van der Waals surface area contributed by atoms with Crippen LogP contribution in [-0.2, 0) is 11.3 Å². The zero-order valence-electron chi connectivity index (χ0n) is 16.1. The van der Waals surface area contributed by atoms with Crippen LogP contribution in [0.5, 0.6) is 0 Å². The maximum atomic E-state index is 13.3. The third-order valence-corrected chi connectivity index (χ3v) is 5.17. The van der Waals surface area contributed by atoms with Gasteiger partial charge >= 0.3 is 0 Å². The second-order valence-corrected chi connectivity index (χ2v) is 7.15. The van der Waals surface area contributed by atoms with Gasteiger partial charge in [0.1, 0.15) is 5.52 Å². The lowest BCUT2D eigenvalue weighted by Gasteiger charge is -2.34. The minimum absolute atomic E-state index is 0.0621. The van der Waals surface area contributed by atoms with E-state index >= 15 is 0 Å². The van der Waals surface area contributed by atoms with Gasteiger partial charge in [-0.2, -0.15) is 0 Å². The quantitative estimate of drug-likeness (QED) is 0.696. The number of pyridine rings is 1. The van der Waals surface area contributed by atoms with E-state index in [1.54, 1.807) is 22.6 Å². The summed E-state index contributed by atoms with van der Waals surface area (Å²) in [6, 6.07) is 11.8. The average molecular weight is 377 g/mol. The lowest BCUT2D eigenvalue weighted by molar-refractivity contribution is -0.129. The minimum Gasteiger partial charge on any atom is -0.348 e. The van der Waals surface area contributed by atoms with Gasteiger partial charge in [0.25, 0.3) is 5.56 Å². The molecule has 1 aliphatic heterocycles. The van der Waals surface area contributed by atoms with Gasteiger partial charge in [-0.25, -0.2) is 9.97 Å². The topological polar surface area (TPSA) is 71.3 Å². The van der Waals surface area contributed by atoms with Crippen molar-refractivity contribution in [3.05, 3.63) is 64.1 Å². The summed E-state index contributed by atoms with van der Waals surface area (Å²) >= 11 is 0. The number of nitrogens with zero attached hydrogens (tertiary/aromatic N) is 5. The minimum atomic E-state index is -0.150. The lowest BCUT2D eigenvalue weighted by atomic mass is 10.1. The van der Waals surface area contributed by atoms with E-state index in [2.05, 4.69) is 9.97 Å². The fourth-order valence-corrected chi connectivity index (χ4v) is 3.52. The van der Waals surface area contributed by atoms with Crippen LogP contribution in [0.25, 0.3) is 11.2 Å². The largest absolute Gasteiger partial charge is 0.348 e. The molecule has 144 valence electrons. The zero-order chi connectivity index (χ0) is 19.7. The number of fused-ring (bicyclic) bond motifs is 1. The van der Waals surface area contributed by atoms with Crippen LogP contribution in [0.4, 0.5) is 5.82 Å². The number of hydrogen-bond donors (Lipinski definition) is 0. The Morgan fingerprint density at radius 2 is 1.79 bits per heavy atom. The van der Waals surface area contributed by atoms with Gasteiger partial charge in [0.15, 0.2) is 11.5 Å². The van der Waals surface area contributed by atoms with Crippen LogP contribution in [-0.4, -0.2) is 51.5 Å². The summed E-state index contributed by atoms with van der Waals surface area (Å²) in [5.74, 6) is 0.489. The molecule has 0 spiro atoms. The van der Waals surface area contributed by atoms with Crippen molar-refractivity contribution in [1.82, 2.24) is 19.4 Å². The molecule has 7 nitrogen and oxygen atoms in total. The summed E-state index contributed by atoms with van der Waals surface area (Å²) in [4.78, 5) is 37.7. The third kappa shape index (κ3) is 3.47. The van der Waals surface area contributed by atoms with Crippen molar-refractivity contribution in [3.63, 3.8) is 0 Å². The first kappa shape index (κ1) is 18.2. The van der Waals surface area contributed by atoms with Gasteiger partial charge in [-0.1, -0.05) is 29.8 Å². The average Bonchev–Trinajstić information content (AvgIpc) is 2.71. The van der Waals surface area contributed by atoms with Crippen LogP contribution in [0.3, 0.4) is 0 Å². The molecule has 0 bridgehead atoms. The smallest absolute Gasteiger partial charge is 0.295 e. The predicted molar refractivity (Wildman–Crippen MR) is 109 cm³/mol. The highest BCUT2D eigenvalue weighted by molar-refractivity contribution is 5.74. The number of hydrogen-bond acceptors (Lipinski definition) is 5. The number of aromatic nitrogens is 3. The van der Waals surface area contributed by atoms with E-state index in [1.807, 2.05) is 48.2 Å². The molecular formula is C21H23N5O2. The molecule has 1 fully saturated rings. The van der Waals surface area contributed by atoms with Gasteiger partial charge in [0.2, 0.25) is 5.91 Å². The maximum Gasteiger partial charge on any atom is 0.295 e. The molecule has 3 heterocycles. The first-order valence-corrected chi connectivity index (χ1v) is 9.44. The zero-order valence-corrected chi connectivity index (χ0v) is 16.1. The third-order valence-electron chi connectivity index (χ3n) is 5.17. The molecule has 1 aliphatic rings. The standard InChI is InChI=1S/C21H23N5O2/c1-15-5-7-17(8-6-15)14-26-19-18(4-3-9-22-19)23-20(21(26)28)25-12-10-24(11-13-25)16(2)27/h3-9H,10-14H2,1-2H3. The van der Waals surface area contributed by atoms with Crippen molar-refractivity contribution < 1.29 is 4.79 Å². The number of piperazine rings is 1. The fraction of sp³-hybridized carbons (Fsp3) is 0.333. The summed E-state index contributed by atoms with van der Waals surface area (Å²) < 4.78 is 1.69. The Hall–Kier alpha value is -3.22. The Morgan fingerprint density at radius 1 is 1.07 bits per heavy atom. The molecule has 4 rings (SSSR count). The van der Waals surface area contributed by atoms with E-state index in [4.69, 9.17) is 0 Å². The molecule has 3 aromatic rings.